The fourth-order valence-corrected chi connectivity index (χ4v) is 2.49. The molecule has 2 rings (SSSR count). The van der Waals surface area contributed by atoms with Crippen LogP contribution in [0, 0.1) is 0 Å². The summed E-state index contributed by atoms with van der Waals surface area (Å²) in [6, 6.07) is 7.20. The van der Waals surface area contributed by atoms with E-state index in [4.69, 9.17) is 0 Å². The Kier molecular flexibility index (Phi) is 5.38. The Balaban J connectivity index is 2.21. The number of nitrogens with one attached hydrogen (secondary N) is 1. The monoisotopic (exact) mass is 305 g/mol. The zero-order valence-corrected chi connectivity index (χ0v) is 13.1. The minimum atomic E-state index is -0.164. The quantitative estimate of drug-likeness (QED) is 0.887. The van der Waals surface area contributed by atoms with Crippen molar-refractivity contribution in [1.29, 1.82) is 0 Å². The molecule has 0 aliphatic heterocycles. The first kappa shape index (κ1) is 15.6. The van der Waals surface area contributed by atoms with Crippen molar-refractivity contribution < 1.29 is 4.79 Å². The number of carbonyl (C=O) groups is 1. The molecule has 0 bridgehead atoms. The number of aromatic nitrogens is 2. The largest absolute Gasteiger partial charge is 0.335 e. The zero-order valence-electron chi connectivity index (χ0n) is 12.3. The van der Waals surface area contributed by atoms with Crippen molar-refractivity contribution in [2.45, 2.75) is 19.9 Å². The smallest absolute Gasteiger partial charge is 0.258 e. The molecule has 112 valence electrons. The molecular formula is C15H19N3O2S. The van der Waals surface area contributed by atoms with Gasteiger partial charge >= 0.3 is 0 Å². The first-order valence-electron chi connectivity index (χ1n) is 6.90. The number of nitrogens with zero attached hydrogens (tertiary/aromatic N) is 2. The van der Waals surface area contributed by atoms with Crippen LogP contribution >= 0.6 is 11.8 Å². The van der Waals surface area contributed by atoms with Crippen LogP contribution in [-0.2, 0) is 11.3 Å². The summed E-state index contributed by atoms with van der Waals surface area (Å²) in [5.74, 6) is 1.41. The van der Waals surface area contributed by atoms with E-state index in [1.807, 2.05) is 25.3 Å². The topological polar surface area (TPSA) is 66.1 Å². The first-order chi connectivity index (χ1) is 10.2. The molecule has 0 atom stereocenters. The Bertz CT molecular complexity index is 684. The van der Waals surface area contributed by atoms with Gasteiger partial charge in [0.25, 0.3) is 5.56 Å². The molecular weight excluding hydrogens is 286 g/mol. The van der Waals surface area contributed by atoms with Gasteiger partial charge < -0.3 is 9.88 Å². The summed E-state index contributed by atoms with van der Waals surface area (Å²) in [4.78, 5) is 33.0. The van der Waals surface area contributed by atoms with Gasteiger partial charge in [0.2, 0.25) is 5.91 Å². The molecule has 1 amide bonds. The Morgan fingerprint density at radius 3 is 2.86 bits per heavy atom. The van der Waals surface area contributed by atoms with Crippen LogP contribution < -0.4 is 5.56 Å². The van der Waals surface area contributed by atoms with Gasteiger partial charge in [0.05, 0.1) is 17.4 Å². The van der Waals surface area contributed by atoms with E-state index in [-0.39, 0.29) is 11.5 Å². The lowest BCUT2D eigenvalue weighted by Gasteiger charge is -2.20. The van der Waals surface area contributed by atoms with Gasteiger partial charge in [0.15, 0.2) is 0 Å². The van der Waals surface area contributed by atoms with Crippen LogP contribution in [-0.4, -0.2) is 39.3 Å². The molecule has 1 aromatic carbocycles. The van der Waals surface area contributed by atoms with Crippen LogP contribution in [0.3, 0.4) is 0 Å². The maximum Gasteiger partial charge on any atom is 0.258 e. The highest BCUT2D eigenvalue weighted by Gasteiger charge is 2.13. The average Bonchev–Trinajstić information content (AvgIpc) is 2.50. The summed E-state index contributed by atoms with van der Waals surface area (Å²) in [6.45, 7) is 2.86. The molecule has 1 N–H and O–H groups in total. The minimum Gasteiger partial charge on any atom is -0.335 e. The molecule has 0 spiro atoms. The third-order valence-electron chi connectivity index (χ3n) is 3.26. The van der Waals surface area contributed by atoms with E-state index in [0.29, 0.717) is 36.2 Å². The van der Waals surface area contributed by atoms with Crippen molar-refractivity contribution in [2.75, 3.05) is 18.6 Å². The molecule has 0 saturated heterocycles. The second-order valence-electron chi connectivity index (χ2n) is 4.68. The van der Waals surface area contributed by atoms with Crippen LogP contribution in [0.2, 0.25) is 0 Å². The van der Waals surface area contributed by atoms with E-state index in [1.54, 1.807) is 28.8 Å². The number of para-hydroxylation sites is 1. The maximum absolute atomic E-state index is 12.1. The second kappa shape index (κ2) is 7.26. The average molecular weight is 305 g/mol. The summed E-state index contributed by atoms with van der Waals surface area (Å²) in [7, 11) is 0. The van der Waals surface area contributed by atoms with E-state index in [0.717, 1.165) is 5.75 Å². The number of aromatic amines is 1. The normalized spacial score (nSPS) is 10.8. The highest BCUT2D eigenvalue weighted by Crippen LogP contribution is 2.08. The fraction of sp³-hybridized carbons (Fsp3) is 0.400. The second-order valence-corrected chi connectivity index (χ2v) is 5.67. The third kappa shape index (κ3) is 3.85. The Hall–Kier alpha value is -1.82. The van der Waals surface area contributed by atoms with E-state index in [9.17, 15) is 9.59 Å². The van der Waals surface area contributed by atoms with Gasteiger partial charge in [-0.1, -0.05) is 12.1 Å². The van der Waals surface area contributed by atoms with Crippen molar-refractivity contribution >= 4 is 28.6 Å². The van der Waals surface area contributed by atoms with Gasteiger partial charge in [0.1, 0.15) is 5.82 Å². The predicted molar refractivity (Wildman–Crippen MR) is 86.5 cm³/mol. The number of amides is 1. The molecule has 21 heavy (non-hydrogen) atoms. The summed E-state index contributed by atoms with van der Waals surface area (Å²) < 4.78 is 0. The Labute approximate surface area is 127 Å². The number of carbonyl (C=O) groups excluding carboxylic acids is 1. The maximum atomic E-state index is 12.1. The lowest BCUT2D eigenvalue weighted by Crippen LogP contribution is -2.32. The Morgan fingerprint density at radius 2 is 2.14 bits per heavy atom. The zero-order chi connectivity index (χ0) is 15.2. The van der Waals surface area contributed by atoms with Crippen LogP contribution in [0.1, 0.15) is 19.2 Å². The van der Waals surface area contributed by atoms with E-state index >= 15 is 0 Å². The molecule has 6 heteroatoms. The molecule has 1 aromatic heterocycles. The number of hydrogen-bond donors (Lipinski definition) is 1. The third-order valence-corrected chi connectivity index (χ3v) is 3.87. The van der Waals surface area contributed by atoms with Crippen molar-refractivity contribution in [3.05, 3.63) is 40.4 Å². The first-order valence-corrected chi connectivity index (χ1v) is 8.29. The molecule has 0 unspecified atom stereocenters. The van der Waals surface area contributed by atoms with Crippen LogP contribution in [0.5, 0.6) is 0 Å². The van der Waals surface area contributed by atoms with Crippen LogP contribution in [0.15, 0.2) is 29.1 Å². The van der Waals surface area contributed by atoms with Gasteiger partial charge in [-0.25, -0.2) is 4.98 Å². The lowest BCUT2D eigenvalue weighted by atomic mass is 10.2. The number of fused-ring (bicyclic) bond motifs is 1. The van der Waals surface area contributed by atoms with Gasteiger partial charge in [0, 0.05) is 18.7 Å². The molecule has 0 aliphatic rings. The molecule has 0 fully saturated rings. The summed E-state index contributed by atoms with van der Waals surface area (Å²) in [6.07, 6.45) is 2.48. The Morgan fingerprint density at radius 1 is 1.38 bits per heavy atom. The van der Waals surface area contributed by atoms with Crippen molar-refractivity contribution in [3.8, 4) is 0 Å². The SMILES string of the molecule is CCN(Cc1nc2ccccc2c(=O)[nH]1)C(=O)CCSC. The highest BCUT2D eigenvalue weighted by molar-refractivity contribution is 7.98. The summed E-state index contributed by atoms with van der Waals surface area (Å²) in [5.41, 5.74) is 0.493. The number of hydrogen-bond acceptors (Lipinski definition) is 4. The van der Waals surface area contributed by atoms with E-state index < -0.39 is 0 Å². The molecule has 0 saturated carbocycles. The van der Waals surface area contributed by atoms with E-state index in [1.165, 1.54) is 0 Å². The number of thioether (sulfide) groups is 1. The lowest BCUT2D eigenvalue weighted by molar-refractivity contribution is -0.131. The van der Waals surface area contributed by atoms with Gasteiger partial charge in [-0.2, -0.15) is 11.8 Å². The summed E-state index contributed by atoms with van der Waals surface area (Å²) >= 11 is 1.65. The van der Waals surface area contributed by atoms with Gasteiger partial charge in [-0.05, 0) is 25.3 Å². The number of rotatable bonds is 6. The standard InChI is InChI=1S/C15H19N3O2S/c1-3-18(14(19)8-9-21-2)10-13-16-12-7-5-4-6-11(12)15(20)17-13/h4-7H,3,8-10H2,1-2H3,(H,16,17,20). The molecule has 5 nitrogen and oxygen atoms in total. The molecule has 1 heterocycles. The predicted octanol–water partition coefficient (Wildman–Crippen LogP) is 2.02. The molecule has 2 aromatic rings. The highest BCUT2D eigenvalue weighted by atomic mass is 32.2. The minimum absolute atomic E-state index is 0.0858. The molecule has 0 aliphatic carbocycles. The van der Waals surface area contributed by atoms with Crippen molar-refractivity contribution in [3.63, 3.8) is 0 Å². The number of benzene rings is 1. The number of H-pyrrole nitrogens is 1. The van der Waals surface area contributed by atoms with Crippen molar-refractivity contribution in [1.82, 2.24) is 14.9 Å². The summed E-state index contributed by atoms with van der Waals surface area (Å²) in [5, 5.41) is 0.568. The van der Waals surface area contributed by atoms with Gasteiger partial charge in [-0.15, -0.1) is 0 Å². The van der Waals surface area contributed by atoms with E-state index in [2.05, 4.69) is 9.97 Å². The van der Waals surface area contributed by atoms with Crippen molar-refractivity contribution in [2.24, 2.45) is 0 Å². The van der Waals surface area contributed by atoms with Crippen LogP contribution in [0.4, 0.5) is 0 Å². The molecule has 0 radical (unpaired) electrons. The van der Waals surface area contributed by atoms with Gasteiger partial charge in [-0.3, -0.25) is 9.59 Å². The fourth-order valence-electron chi connectivity index (χ4n) is 2.11. The van der Waals surface area contributed by atoms with Crippen LogP contribution in [0.25, 0.3) is 10.9 Å².